The molecular formula is C11H11N5O4. The second kappa shape index (κ2) is 4.96. The number of nitro benzene ring substituents is 1. The van der Waals surface area contributed by atoms with E-state index in [0.717, 1.165) is 18.2 Å². The molecule has 0 spiro atoms. The Morgan fingerprint density at radius 3 is 2.65 bits per heavy atom. The number of phenolic OH excluding ortho intramolecular Hbond substituents is 1. The van der Waals surface area contributed by atoms with Crippen molar-refractivity contribution >= 4 is 17.1 Å². The Bertz CT molecular complexity index is 759. The summed E-state index contributed by atoms with van der Waals surface area (Å²) in [6, 6.07) is 3.37. The number of aromatic hydroxyl groups is 1. The highest BCUT2D eigenvalue weighted by molar-refractivity contribution is 5.57. The minimum Gasteiger partial charge on any atom is -0.506 e. The van der Waals surface area contributed by atoms with Crippen molar-refractivity contribution in [1.29, 1.82) is 0 Å². The fraction of sp³-hybridized carbons (Fsp3) is 0.182. The molecule has 104 valence electrons. The Hall–Kier alpha value is -2.97. The molecule has 0 aliphatic carbocycles. The van der Waals surface area contributed by atoms with Crippen molar-refractivity contribution in [2.75, 3.05) is 0 Å². The van der Waals surface area contributed by atoms with Gasteiger partial charge < -0.3 is 5.11 Å². The summed E-state index contributed by atoms with van der Waals surface area (Å²) in [5, 5.41) is 30.4. The van der Waals surface area contributed by atoms with E-state index < -0.39 is 4.92 Å². The van der Waals surface area contributed by atoms with E-state index in [0.29, 0.717) is 5.69 Å². The van der Waals surface area contributed by atoms with Crippen molar-refractivity contribution in [1.82, 2.24) is 9.78 Å². The maximum Gasteiger partial charge on any atom is 0.294 e. The van der Waals surface area contributed by atoms with Crippen LogP contribution in [0.25, 0.3) is 0 Å². The van der Waals surface area contributed by atoms with E-state index in [1.807, 2.05) is 0 Å². The van der Waals surface area contributed by atoms with Gasteiger partial charge in [0.2, 0.25) is 0 Å². The van der Waals surface area contributed by atoms with Crippen LogP contribution < -0.4 is 5.56 Å². The van der Waals surface area contributed by atoms with Crippen LogP contribution in [0.1, 0.15) is 5.69 Å². The van der Waals surface area contributed by atoms with Gasteiger partial charge in [-0.25, -0.2) is 0 Å². The average molecular weight is 277 g/mol. The van der Waals surface area contributed by atoms with Gasteiger partial charge in [-0.3, -0.25) is 24.7 Å². The number of rotatable bonds is 3. The minimum absolute atomic E-state index is 0.0816. The molecule has 0 bridgehead atoms. The van der Waals surface area contributed by atoms with Crippen molar-refractivity contribution in [2.24, 2.45) is 17.3 Å². The molecule has 0 aliphatic heterocycles. The van der Waals surface area contributed by atoms with Gasteiger partial charge in [-0.05, 0) is 13.0 Å². The summed E-state index contributed by atoms with van der Waals surface area (Å²) in [7, 11) is 1.53. The van der Waals surface area contributed by atoms with Crippen LogP contribution in [-0.4, -0.2) is 19.8 Å². The van der Waals surface area contributed by atoms with Gasteiger partial charge in [0.15, 0.2) is 5.69 Å². The van der Waals surface area contributed by atoms with Gasteiger partial charge in [-0.15, -0.1) is 10.2 Å². The van der Waals surface area contributed by atoms with Gasteiger partial charge in [0.05, 0.1) is 10.6 Å². The number of hydrogen-bond acceptors (Lipinski definition) is 6. The van der Waals surface area contributed by atoms with Gasteiger partial charge in [0, 0.05) is 19.2 Å². The molecule has 0 saturated carbocycles. The molecule has 0 amide bonds. The number of hydrogen-bond donors (Lipinski definition) is 2. The first-order valence-corrected chi connectivity index (χ1v) is 5.55. The highest BCUT2D eigenvalue weighted by atomic mass is 16.6. The Kier molecular flexibility index (Phi) is 3.34. The number of aryl methyl sites for hydroxylation is 2. The first-order chi connectivity index (χ1) is 9.40. The van der Waals surface area contributed by atoms with Crippen LogP contribution >= 0.6 is 0 Å². The molecule has 0 fully saturated rings. The van der Waals surface area contributed by atoms with Crippen molar-refractivity contribution in [3.63, 3.8) is 0 Å². The molecule has 9 nitrogen and oxygen atoms in total. The van der Waals surface area contributed by atoms with E-state index in [-0.39, 0.29) is 28.4 Å². The minimum atomic E-state index is -0.612. The number of non-ortho nitro benzene ring substituents is 1. The fourth-order valence-electron chi connectivity index (χ4n) is 1.60. The summed E-state index contributed by atoms with van der Waals surface area (Å²) in [5.41, 5.74) is -0.0990. The summed E-state index contributed by atoms with van der Waals surface area (Å²) >= 11 is 0. The number of phenols is 1. The number of aromatic amines is 1. The van der Waals surface area contributed by atoms with Crippen molar-refractivity contribution in [3.8, 4) is 5.75 Å². The number of nitrogens with one attached hydrogen (secondary N) is 1. The molecule has 0 aliphatic rings. The SMILES string of the molecule is Cc1[nH]n(C)c(=O)c1N=Nc1cc([N+](=O)[O-])ccc1O. The third-order valence-electron chi connectivity index (χ3n) is 2.63. The van der Waals surface area contributed by atoms with E-state index in [4.69, 9.17) is 0 Å². The second-order valence-corrected chi connectivity index (χ2v) is 4.08. The average Bonchev–Trinajstić information content (AvgIpc) is 2.63. The molecule has 9 heteroatoms. The quantitative estimate of drug-likeness (QED) is 0.505. The molecule has 1 aromatic heterocycles. The van der Waals surface area contributed by atoms with Crippen LogP contribution in [0.4, 0.5) is 17.1 Å². The number of H-pyrrole nitrogens is 1. The number of aromatic nitrogens is 2. The maximum atomic E-state index is 11.7. The van der Waals surface area contributed by atoms with Gasteiger partial charge in [-0.2, -0.15) is 0 Å². The summed E-state index contributed by atoms with van der Waals surface area (Å²) < 4.78 is 1.23. The first kappa shape index (κ1) is 13.5. The summed E-state index contributed by atoms with van der Waals surface area (Å²) in [6.07, 6.45) is 0. The Balaban J connectivity index is 2.43. The lowest BCUT2D eigenvalue weighted by Gasteiger charge is -1.97. The lowest BCUT2D eigenvalue weighted by molar-refractivity contribution is -0.384. The van der Waals surface area contributed by atoms with Crippen molar-refractivity contribution in [2.45, 2.75) is 6.92 Å². The lowest BCUT2D eigenvalue weighted by Crippen LogP contribution is -2.10. The van der Waals surface area contributed by atoms with Crippen molar-refractivity contribution in [3.05, 3.63) is 44.4 Å². The third-order valence-corrected chi connectivity index (χ3v) is 2.63. The lowest BCUT2D eigenvalue weighted by atomic mass is 10.2. The first-order valence-electron chi connectivity index (χ1n) is 5.55. The number of benzene rings is 1. The zero-order valence-electron chi connectivity index (χ0n) is 10.7. The topological polar surface area (TPSA) is 126 Å². The van der Waals surface area contributed by atoms with Crippen LogP contribution in [0.2, 0.25) is 0 Å². The van der Waals surface area contributed by atoms with E-state index in [1.54, 1.807) is 6.92 Å². The smallest absolute Gasteiger partial charge is 0.294 e. The molecule has 2 rings (SSSR count). The van der Waals surface area contributed by atoms with Crippen LogP contribution in [-0.2, 0) is 7.05 Å². The summed E-state index contributed by atoms with van der Waals surface area (Å²) in [4.78, 5) is 21.7. The molecule has 2 aromatic rings. The standard InChI is InChI=1S/C11H11N5O4/c1-6-10(11(18)15(2)14-6)13-12-8-5-7(16(19)20)3-4-9(8)17/h3-5,14,17H,1-2H3. The number of azo groups is 1. The molecule has 0 saturated heterocycles. The van der Waals surface area contributed by atoms with Crippen LogP contribution in [0, 0.1) is 17.0 Å². The highest BCUT2D eigenvalue weighted by Crippen LogP contribution is 2.31. The van der Waals surface area contributed by atoms with E-state index in [1.165, 1.54) is 11.7 Å². The van der Waals surface area contributed by atoms with E-state index in [9.17, 15) is 20.0 Å². The number of nitro groups is 1. The zero-order chi connectivity index (χ0) is 14.9. The van der Waals surface area contributed by atoms with Gasteiger partial charge >= 0.3 is 0 Å². The largest absolute Gasteiger partial charge is 0.506 e. The second-order valence-electron chi connectivity index (χ2n) is 4.08. The summed E-state index contributed by atoms with van der Waals surface area (Å²) in [6.45, 7) is 1.64. The van der Waals surface area contributed by atoms with Gasteiger partial charge in [-0.1, -0.05) is 0 Å². The van der Waals surface area contributed by atoms with Gasteiger partial charge in [0.1, 0.15) is 11.4 Å². The Labute approximate surface area is 112 Å². The molecule has 0 unspecified atom stereocenters. The highest BCUT2D eigenvalue weighted by Gasteiger charge is 2.11. The maximum absolute atomic E-state index is 11.7. The van der Waals surface area contributed by atoms with Crippen molar-refractivity contribution < 1.29 is 10.0 Å². The molecule has 1 heterocycles. The third kappa shape index (κ3) is 2.41. The number of nitrogens with zero attached hydrogens (tertiary/aromatic N) is 4. The van der Waals surface area contributed by atoms with E-state index in [2.05, 4.69) is 15.3 Å². The summed E-state index contributed by atoms with van der Waals surface area (Å²) in [5.74, 6) is -0.260. The predicted molar refractivity (Wildman–Crippen MR) is 69.7 cm³/mol. The zero-order valence-corrected chi connectivity index (χ0v) is 10.7. The molecule has 0 radical (unpaired) electrons. The van der Waals surface area contributed by atoms with Crippen LogP contribution in [0.3, 0.4) is 0 Å². The Morgan fingerprint density at radius 2 is 2.10 bits per heavy atom. The predicted octanol–water partition coefficient (Wildman–Crippen LogP) is 2.05. The molecule has 1 aromatic carbocycles. The Morgan fingerprint density at radius 1 is 1.40 bits per heavy atom. The van der Waals surface area contributed by atoms with Crippen LogP contribution in [0.15, 0.2) is 33.2 Å². The normalized spacial score (nSPS) is 11.1. The fourth-order valence-corrected chi connectivity index (χ4v) is 1.60. The molecule has 20 heavy (non-hydrogen) atoms. The monoisotopic (exact) mass is 277 g/mol. The molecular weight excluding hydrogens is 266 g/mol. The van der Waals surface area contributed by atoms with Crippen LogP contribution in [0.5, 0.6) is 5.75 Å². The molecule has 2 N–H and O–H groups in total. The van der Waals surface area contributed by atoms with E-state index >= 15 is 0 Å². The molecule has 0 atom stereocenters. The van der Waals surface area contributed by atoms with Gasteiger partial charge in [0.25, 0.3) is 11.2 Å².